The lowest BCUT2D eigenvalue weighted by molar-refractivity contribution is -0.137. The molecular weight excluding hydrogens is 320 g/mol. The largest absolute Gasteiger partial charge is 0.416 e. The lowest BCUT2D eigenvalue weighted by Gasteiger charge is -2.09. The number of fused-ring (bicyclic) bond motifs is 1. The van der Waals surface area contributed by atoms with Gasteiger partial charge in [0.2, 0.25) is 0 Å². The van der Waals surface area contributed by atoms with Crippen LogP contribution in [0, 0.1) is 5.82 Å². The second kappa shape index (κ2) is 5.21. The summed E-state index contributed by atoms with van der Waals surface area (Å²) in [6.45, 7) is 0. The van der Waals surface area contributed by atoms with Gasteiger partial charge in [-0.15, -0.1) is 0 Å². The summed E-state index contributed by atoms with van der Waals surface area (Å²) >= 11 is 5.84. The Morgan fingerprint density at radius 2 is 1.68 bits per heavy atom. The SMILES string of the molecule is Fc1ccc(-c2cnc3c(Cl)cc(C(F)(F)F)cc3n2)cc1. The number of aromatic nitrogens is 2. The molecule has 1 aromatic heterocycles. The van der Waals surface area contributed by atoms with Crippen molar-refractivity contribution in [3.8, 4) is 11.3 Å². The molecule has 2 nitrogen and oxygen atoms in total. The maximum atomic E-state index is 12.9. The van der Waals surface area contributed by atoms with Gasteiger partial charge in [0.1, 0.15) is 11.3 Å². The summed E-state index contributed by atoms with van der Waals surface area (Å²) in [5.41, 5.74) is 0.199. The van der Waals surface area contributed by atoms with Gasteiger partial charge in [-0.05, 0) is 36.4 Å². The van der Waals surface area contributed by atoms with Crippen LogP contribution < -0.4 is 0 Å². The summed E-state index contributed by atoms with van der Waals surface area (Å²) in [5, 5.41) is -0.122. The molecule has 2 aromatic carbocycles. The van der Waals surface area contributed by atoms with Crippen LogP contribution in [0.25, 0.3) is 22.3 Å². The second-order valence-electron chi connectivity index (χ2n) is 4.59. The zero-order valence-electron chi connectivity index (χ0n) is 10.8. The summed E-state index contributed by atoms with van der Waals surface area (Å²) in [6, 6.07) is 7.12. The van der Waals surface area contributed by atoms with Gasteiger partial charge in [-0.25, -0.2) is 9.37 Å². The summed E-state index contributed by atoms with van der Waals surface area (Å²) in [4.78, 5) is 8.19. The van der Waals surface area contributed by atoms with Crippen LogP contribution in [0.1, 0.15) is 5.56 Å². The minimum atomic E-state index is -4.52. The topological polar surface area (TPSA) is 25.8 Å². The highest BCUT2D eigenvalue weighted by atomic mass is 35.5. The first-order chi connectivity index (χ1) is 10.3. The number of benzene rings is 2. The van der Waals surface area contributed by atoms with E-state index in [0.717, 1.165) is 12.1 Å². The Bertz CT molecular complexity index is 845. The highest BCUT2D eigenvalue weighted by molar-refractivity contribution is 6.35. The zero-order chi connectivity index (χ0) is 15.9. The fourth-order valence-electron chi connectivity index (χ4n) is 2.01. The van der Waals surface area contributed by atoms with Crippen molar-refractivity contribution in [2.75, 3.05) is 0 Å². The van der Waals surface area contributed by atoms with E-state index in [1.54, 1.807) is 0 Å². The molecule has 0 bridgehead atoms. The van der Waals surface area contributed by atoms with Crippen LogP contribution in [-0.4, -0.2) is 9.97 Å². The van der Waals surface area contributed by atoms with Crippen molar-refractivity contribution >= 4 is 22.6 Å². The van der Waals surface area contributed by atoms with Gasteiger partial charge in [-0.2, -0.15) is 13.2 Å². The molecule has 0 radical (unpaired) electrons. The van der Waals surface area contributed by atoms with E-state index in [9.17, 15) is 17.6 Å². The lowest BCUT2D eigenvalue weighted by Crippen LogP contribution is -2.05. The van der Waals surface area contributed by atoms with E-state index >= 15 is 0 Å². The minimum Gasteiger partial charge on any atom is -0.251 e. The number of halogens is 5. The molecule has 0 atom stereocenters. The maximum Gasteiger partial charge on any atom is 0.416 e. The normalized spacial score (nSPS) is 11.9. The first kappa shape index (κ1) is 14.7. The molecule has 1 heterocycles. The van der Waals surface area contributed by atoms with Gasteiger partial charge in [0.25, 0.3) is 0 Å². The minimum absolute atomic E-state index is 0.0293. The predicted molar refractivity (Wildman–Crippen MR) is 74.9 cm³/mol. The van der Waals surface area contributed by atoms with Crippen molar-refractivity contribution in [3.05, 3.63) is 59.0 Å². The summed E-state index contributed by atoms with van der Waals surface area (Å²) in [6.07, 6.45) is -3.14. The van der Waals surface area contributed by atoms with Crippen LogP contribution in [0.5, 0.6) is 0 Å². The monoisotopic (exact) mass is 326 g/mol. The van der Waals surface area contributed by atoms with E-state index < -0.39 is 17.6 Å². The van der Waals surface area contributed by atoms with Crippen molar-refractivity contribution in [2.24, 2.45) is 0 Å². The van der Waals surface area contributed by atoms with Crippen molar-refractivity contribution in [1.29, 1.82) is 0 Å². The zero-order valence-corrected chi connectivity index (χ0v) is 11.6. The van der Waals surface area contributed by atoms with Crippen molar-refractivity contribution in [1.82, 2.24) is 9.97 Å². The third-order valence-electron chi connectivity index (χ3n) is 3.07. The third kappa shape index (κ3) is 2.74. The summed E-state index contributed by atoms with van der Waals surface area (Å²) in [5.74, 6) is -0.417. The van der Waals surface area contributed by atoms with E-state index in [4.69, 9.17) is 11.6 Å². The van der Waals surface area contributed by atoms with E-state index in [2.05, 4.69) is 9.97 Å². The Labute approximate surface area is 127 Å². The number of rotatable bonds is 1. The quantitative estimate of drug-likeness (QED) is 0.581. The molecule has 0 saturated heterocycles. The second-order valence-corrected chi connectivity index (χ2v) is 4.99. The average Bonchev–Trinajstić information content (AvgIpc) is 2.46. The Kier molecular flexibility index (Phi) is 3.48. The van der Waals surface area contributed by atoms with E-state index in [-0.39, 0.29) is 16.1 Å². The molecule has 0 amide bonds. The molecule has 22 heavy (non-hydrogen) atoms. The van der Waals surface area contributed by atoms with Gasteiger partial charge in [-0.3, -0.25) is 4.98 Å². The smallest absolute Gasteiger partial charge is 0.251 e. The fourth-order valence-corrected chi connectivity index (χ4v) is 2.27. The molecule has 112 valence electrons. The Morgan fingerprint density at radius 3 is 2.32 bits per heavy atom. The van der Waals surface area contributed by atoms with E-state index in [0.29, 0.717) is 11.3 Å². The molecule has 0 spiro atoms. The highest BCUT2D eigenvalue weighted by Crippen LogP contribution is 2.34. The molecule has 7 heteroatoms. The van der Waals surface area contributed by atoms with Crippen molar-refractivity contribution < 1.29 is 17.6 Å². The van der Waals surface area contributed by atoms with Crippen LogP contribution in [0.2, 0.25) is 5.02 Å². The molecular formula is C15H7ClF4N2. The standard InChI is InChI=1S/C15H7ClF4N2/c16-11-5-9(15(18,19)20)6-12-14(11)21-7-13(22-12)8-1-3-10(17)4-2-8/h1-7H. The lowest BCUT2D eigenvalue weighted by atomic mass is 10.1. The Morgan fingerprint density at radius 1 is 1.00 bits per heavy atom. The number of nitrogens with zero attached hydrogens (tertiary/aromatic N) is 2. The molecule has 0 fully saturated rings. The van der Waals surface area contributed by atoms with Gasteiger partial charge in [0.15, 0.2) is 0 Å². The van der Waals surface area contributed by atoms with Gasteiger partial charge in [0, 0.05) is 5.56 Å². The number of hydrogen-bond acceptors (Lipinski definition) is 2. The predicted octanol–water partition coefficient (Wildman–Crippen LogP) is 5.11. The van der Waals surface area contributed by atoms with Crippen LogP contribution in [-0.2, 0) is 6.18 Å². The van der Waals surface area contributed by atoms with Gasteiger partial charge < -0.3 is 0 Å². The molecule has 0 aliphatic rings. The Hall–Kier alpha value is -2.21. The molecule has 0 unspecified atom stereocenters. The van der Waals surface area contributed by atoms with Gasteiger partial charge in [0.05, 0.1) is 28.0 Å². The van der Waals surface area contributed by atoms with E-state index in [1.165, 1.54) is 30.5 Å². The van der Waals surface area contributed by atoms with Crippen LogP contribution in [0.4, 0.5) is 17.6 Å². The molecule has 3 rings (SSSR count). The highest BCUT2D eigenvalue weighted by Gasteiger charge is 2.31. The van der Waals surface area contributed by atoms with Crippen LogP contribution in [0.3, 0.4) is 0 Å². The molecule has 0 saturated carbocycles. The molecule has 0 aliphatic carbocycles. The first-order valence-electron chi connectivity index (χ1n) is 6.14. The Balaban J connectivity index is 2.18. The van der Waals surface area contributed by atoms with Crippen molar-refractivity contribution in [3.63, 3.8) is 0 Å². The van der Waals surface area contributed by atoms with Gasteiger partial charge >= 0.3 is 6.18 Å². The maximum absolute atomic E-state index is 12.9. The average molecular weight is 327 g/mol. The van der Waals surface area contributed by atoms with Gasteiger partial charge in [-0.1, -0.05) is 11.6 Å². The van der Waals surface area contributed by atoms with Crippen LogP contribution in [0.15, 0.2) is 42.6 Å². The third-order valence-corrected chi connectivity index (χ3v) is 3.36. The van der Waals surface area contributed by atoms with Crippen molar-refractivity contribution in [2.45, 2.75) is 6.18 Å². The molecule has 0 aliphatic heterocycles. The number of alkyl halides is 3. The summed E-state index contributed by atoms with van der Waals surface area (Å²) in [7, 11) is 0. The first-order valence-corrected chi connectivity index (χ1v) is 6.52. The van der Waals surface area contributed by atoms with E-state index in [1.807, 2.05) is 0 Å². The molecule has 3 aromatic rings. The fraction of sp³-hybridized carbons (Fsp3) is 0.0667. The summed E-state index contributed by atoms with van der Waals surface area (Å²) < 4.78 is 51.4. The number of hydrogen-bond donors (Lipinski definition) is 0. The van der Waals surface area contributed by atoms with Crippen LogP contribution >= 0.6 is 11.6 Å². The molecule has 0 N–H and O–H groups in total.